The fourth-order valence-corrected chi connectivity index (χ4v) is 5.64. The molecule has 37 heavy (non-hydrogen) atoms. The van der Waals surface area contributed by atoms with Gasteiger partial charge in [-0.1, -0.05) is 96.9 Å². The topological polar surface area (TPSA) is 65.1 Å². The molecule has 1 fully saturated rings. The van der Waals surface area contributed by atoms with E-state index in [1.54, 1.807) is 0 Å². The summed E-state index contributed by atoms with van der Waals surface area (Å²) in [6.45, 7) is 33.7. The van der Waals surface area contributed by atoms with Crippen molar-refractivity contribution in [3.63, 3.8) is 0 Å². The maximum absolute atomic E-state index is 13.8. The number of carbonyl (C=O) groups is 2. The Kier molecular flexibility index (Phi) is 9.92. The molecule has 0 aromatic heterocycles. The van der Waals surface area contributed by atoms with Gasteiger partial charge < -0.3 is 14.2 Å². The molecule has 1 saturated heterocycles. The average Bonchev–Trinajstić information content (AvgIpc) is 3.56. The summed E-state index contributed by atoms with van der Waals surface area (Å²) >= 11 is 0. The Morgan fingerprint density at radius 1 is 0.811 bits per heavy atom. The van der Waals surface area contributed by atoms with Crippen LogP contribution in [0.25, 0.3) is 0 Å². The molecule has 0 radical (unpaired) electrons. The van der Waals surface area contributed by atoms with E-state index in [1.165, 1.54) is 7.11 Å². The molecule has 1 aliphatic heterocycles. The molecular formula is C32H60O5. The first-order valence-electron chi connectivity index (χ1n) is 14.2. The lowest BCUT2D eigenvalue weighted by atomic mass is 9.43. The Labute approximate surface area is 229 Å². The second kappa shape index (κ2) is 10.8. The van der Waals surface area contributed by atoms with Crippen molar-refractivity contribution in [3.8, 4) is 0 Å². The molecule has 0 aliphatic carbocycles. The first-order valence-corrected chi connectivity index (χ1v) is 14.2. The molecule has 218 valence electrons. The number of methoxy groups -OCH3 is 1. The van der Waals surface area contributed by atoms with Crippen LogP contribution in [0.5, 0.6) is 0 Å². The van der Waals surface area contributed by atoms with Gasteiger partial charge in [-0.05, 0) is 58.7 Å². The van der Waals surface area contributed by atoms with Crippen LogP contribution in [0.3, 0.4) is 0 Å². The maximum atomic E-state index is 13.8. The lowest BCUT2D eigenvalue weighted by molar-refractivity contribution is -0.196. The summed E-state index contributed by atoms with van der Waals surface area (Å²) in [5.41, 5.74) is -2.40. The van der Waals surface area contributed by atoms with Crippen molar-refractivity contribution in [2.75, 3.05) is 20.3 Å². The molecule has 5 heteroatoms. The first-order chi connectivity index (χ1) is 16.3. The van der Waals surface area contributed by atoms with E-state index in [0.717, 1.165) is 12.8 Å². The standard InChI is InChI=1S/C32H60O5/c1-26(2,3)17-18-28(7,8)29(9,10)19-23(24(33)35-16)30(11,12)31(13,14)32(15,27(4,5)6)25(34)37-21-22-20-36-22/h22-23H,17-21H2,1-16H3. The lowest BCUT2D eigenvalue weighted by Crippen LogP contribution is -2.60. The SMILES string of the molecule is COC(=O)C(CC(C)(C)C(C)(C)CCC(C)(C)C)C(C)(C)C(C)(C)C(C)(C(=O)OCC1CO1)C(C)(C)C. The third-order valence-electron chi connectivity index (χ3n) is 11.0. The molecular weight excluding hydrogens is 464 g/mol. The second-order valence-electron chi connectivity index (χ2n) is 16.4. The Bertz CT molecular complexity index is 802. The van der Waals surface area contributed by atoms with Crippen molar-refractivity contribution in [2.45, 2.75) is 129 Å². The third kappa shape index (κ3) is 7.11. The molecule has 1 rings (SSSR count). The van der Waals surface area contributed by atoms with Gasteiger partial charge in [0.15, 0.2) is 0 Å². The highest BCUT2D eigenvalue weighted by Gasteiger charge is 2.64. The molecule has 1 heterocycles. The van der Waals surface area contributed by atoms with Crippen LogP contribution in [0.1, 0.15) is 123 Å². The number of epoxide rings is 1. The molecule has 1 aliphatic rings. The molecule has 3 unspecified atom stereocenters. The molecule has 3 atom stereocenters. The fourth-order valence-electron chi connectivity index (χ4n) is 5.64. The van der Waals surface area contributed by atoms with Crippen LogP contribution in [0, 0.1) is 43.8 Å². The summed E-state index contributed by atoms with van der Waals surface area (Å²) in [6, 6.07) is 0. The minimum Gasteiger partial charge on any atom is -0.469 e. The quantitative estimate of drug-likeness (QED) is 0.191. The van der Waals surface area contributed by atoms with Crippen LogP contribution in [0.15, 0.2) is 0 Å². The van der Waals surface area contributed by atoms with Crippen molar-refractivity contribution in [2.24, 2.45) is 43.8 Å². The largest absolute Gasteiger partial charge is 0.469 e. The van der Waals surface area contributed by atoms with Gasteiger partial charge in [-0.3, -0.25) is 9.59 Å². The second-order valence-corrected chi connectivity index (χ2v) is 16.4. The summed E-state index contributed by atoms with van der Waals surface area (Å²) in [5.74, 6) is -0.853. The Balaban J connectivity index is 3.51. The smallest absolute Gasteiger partial charge is 0.312 e. The van der Waals surface area contributed by atoms with Gasteiger partial charge in [0.2, 0.25) is 0 Å². The highest BCUT2D eigenvalue weighted by Crippen LogP contribution is 2.64. The van der Waals surface area contributed by atoms with E-state index in [4.69, 9.17) is 14.2 Å². The van der Waals surface area contributed by atoms with E-state index in [0.29, 0.717) is 13.0 Å². The average molecular weight is 525 g/mol. The van der Waals surface area contributed by atoms with Gasteiger partial charge in [0.25, 0.3) is 0 Å². The Morgan fingerprint density at radius 3 is 1.68 bits per heavy atom. The van der Waals surface area contributed by atoms with Gasteiger partial charge in [0, 0.05) is 0 Å². The zero-order chi connectivity index (χ0) is 29.5. The Morgan fingerprint density at radius 2 is 1.30 bits per heavy atom. The summed E-state index contributed by atoms with van der Waals surface area (Å²) in [4.78, 5) is 27.4. The summed E-state index contributed by atoms with van der Waals surface area (Å²) in [6.07, 6.45) is 2.85. The summed E-state index contributed by atoms with van der Waals surface area (Å²) in [7, 11) is 1.48. The molecule has 0 saturated carbocycles. The monoisotopic (exact) mass is 524 g/mol. The number of hydrogen-bond donors (Lipinski definition) is 0. The van der Waals surface area contributed by atoms with Crippen LogP contribution in [0.4, 0.5) is 0 Å². The van der Waals surface area contributed by atoms with Crippen LogP contribution in [0.2, 0.25) is 0 Å². The summed E-state index contributed by atoms with van der Waals surface area (Å²) < 4.78 is 16.6. The minimum atomic E-state index is -0.878. The molecule has 5 nitrogen and oxygen atoms in total. The summed E-state index contributed by atoms with van der Waals surface area (Å²) in [5, 5.41) is 0. The van der Waals surface area contributed by atoms with Crippen LogP contribution in [-0.4, -0.2) is 38.4 Å². The number of rotatable bonds is 12. The highest BCUT2D eigenvalue weighted by atomic mass is 16.6. The van der Waals surface area contributed by atoms with E-state index in [1.807, 2.05) is 6.92 Å². The Hall–Kier alpha value is -1.10. The van der Waals surface area contributed by atoms with Crippen molar-refractivity contribution >= 4 is 11.9 Å². The number of carbonyl (C=O) groups excluding carboxylic acids is 2. The molecule has 0 N–H and O–H groups in total. The number of hydrogen-bond acceptors (Lipinski definition) is 5. The van der Waals surface area contributed by atoms with E-state index < -0.39 is 27.6 Å². The first kappa shape index (κ1) is 33.9. The molecule has 0 spiro atoms. The van der Waals surface area contributed by atoms with E-state index >= 15 is 0 Å². The van der Waals surface area contributed by atoms with E-state index in [9.17, 15) is 9.59 Å². The van der Waals surface area contributed by atoms with Gasteiger partial charge in [-0.25, -0.2) is 0 Å². The van der Waals surface area contributed by atoms with Crippen LogP contribution < -0.4 is 0 Å². The lowest BCUT2D eigenvalue weighted by Gasteiger charge is -2.59. The van der Waals surface area contributed by atoms with Crippen molar-refractivity contribution in [1.29, 1.82) is 0 Å². The maximum Gasteiger partial charge on any atom is 0.312 e. The zero-order valence-corrected chi connectivity index (χ0v) is 27.2. The number of esters is 2. The van der Waals surface area contributed by atoms with Gasteiger partial charge in [-0.15, -0.1) is 0 Å². The van der Waals surface area contributed by atoms with Gasteiger partial charge in [0.05, 0.1) is 25.0 Å². The van der Waals surface area contributed by atoms with Crippen LogP contribution in [-0.2, 0) is 23.8 Å². The number of ether oxygens (including phenoxy) is 3. The normalized spacial score (nSPS) is 20.2. The predicted octanol–water partition coefficient (Wildman–Crippen LogP) is 8.09. The van der Waals surface area contributed by atoms with Crippen molar-refractivity contribution in [1.82, 2.24) is 0 Å². The van der Waals surface area contributed by atoms with Gasteiger partial charge in [-0.2, -0.15) is 0 Å². The third-order valence-corrected chi connectivity index (χ3v) is 11.0. The van der Waals surface area contributed by atoms with Gasteiger partial charge >= 0.3 is 11.9 Å². The van der Waals surface area contributed by atoms with E-state index in [-0.39, 0.29) is 40.9 Å². The zero-order valence-electron chi connectivity index (χ0n) is 27.2. The van der Waals surface area contributed by atoms with Crippen molar-refractivity contribution in [3.05, 3.63) is 0 Å². The predicted molar refractivity (Wildman–Crippen MR) is 152 cm³/mol. The fraction of sp³-hybridized carbons (Fsp3) is 0.938. The van der Waals surface area contributed by atoms with Crippen molar-refractivity contribution < 1.29 is 23.8 Å². The highest BCUT2D eigenvalue weighted by molar-refractivity contribution is 5.79. The van der Waals surface area contributed by atoms with E-state index in [2.05, 4.69) is 96.9 Å². The molecule has 0 aromatic rings. The molecule has 0 aromatic carbocycles. The minimum absolute atomic E-state index is 0.00300. The van der Waals surface area contributed by atoms with Gasteiger partial charge in [0.1, 0.15) is 12.7 Å². The molecule has 0 bridgehead atoms. The van der Waals surface area contributed by atoms with Crippen LogP contribution >= 0.6 is 0 Å². The molecule has 0 amide bonds.